The molecule has 0 atom stereocenters. The van der Waals surface area contributed by atoms with Crippen molar-refractivity contribution in [3.05, 3.63) is 63.8 Å². The minimum atomic E-state index is -0.389. The molecule has 23 heavy (non-hydrogen) atoms. The molecule has 2 rings (SSSR count). The van der Waals surface area contributed by atoms with Gasteiger partial charge in [0.1, 0.15) is 11.4 Å². The Morgan fingerprint density at radius 2 is 2.13 bits per heavy atom. The lowest BCUT2D eigenvalue weighted by molar-refractivity contribution is 0.0952. The Morgan fingerprint density at radius 1 is 1.35 bits per heavy atom. The SMILES string of the molecule is Cc1cc(=O)c(C(=O)NCCCN(C)c2cccc(F)c2)c[nH]1. The van der Waals surface area contributed by atoms with Gasteiger partial charge in [-0.25, -0.2) is 4.39 Å². The molecule has 0 radical (unpaired) electrons. The van der Waals surface area contributed by atoms with Crippen molar-refractivity contribution in [1.82, 2.24) is 10.3 Å². The van der Waals surface area contributed by atoms with E-state index in [0.29, 0.717) is 25.2 Å². The highest BCUT2D eigenvalue weighted by atomic mass is 19.1. The molecule has 2 aromatic rings. The van der Waals surface area contributed by atoms with Crippen molar-refractivity contribution in [1.29, 1.82) is 0 Å². The van der Waals surface area contributed by atoms with Gasteiger partial charge in [-0.15, -0.1) is 0 Å². The second-order valence-electron chi connectivity index (χ2n) is 5.40. The third-order valence-corrected chi connectivity index (χ3v) is 3.51. The summed E-state index contributed by atoms with van der Waals surface area (Å²) in [5, 5.41) is 2.72. The zero-order chi connectivity index (χ0) is 16.8. The van der Waals surface area contributed by atoms with Crippen LogP contribution in [0.15, 0.2) is 41.3 Å². The second kappa shape index (κ2) is 7.58. The molecule has 0 fully saturated rings. The molecule has 0 bridgehead atoms. The van der Waals surface area contributed by atoms with Crippen LogP contribution in [0.2, 0.25) is 0 Å². The zero-order valence-corrected chi connectivity index (χ0v) is 13.2. The molecule has 0 unspecified atom stereocenters. The summed E-state index contributed by atoms with van der Waals surface area (Å²) in [5.74, 6) is -0.666. The summed E-state index contributed by atoms with van der Waals surface area (Å²) in [6.45, 7) is 2.85. The fourth-order valence-electron chi connectivity index (χ4n) is 2.21. The molecule has 0 saturated carbocycles. The van der Waals surface area contributed by atoms with Crippen molar-refractivity contribution in [2.75, 3.05) is 25.0 Å². The van der Waals surface area contributed by atoms with Gasteiger partial charge in [0.05, 0.1) is 0 Å². The molecular weight excluding hydrogens is 297 g/mol. The lowest BCUT2D eigenvalue weighted by Crippen LogP contribution is -2.31. The van der Waals surface area contributed by atoms with Crippen molar-refractivity contribution in [2.45, 2.75) is 13.3 Å². The third-order valence-electron chi connectivity index (χ3n) is 3.51. The van der Waals surface area contributed by atoms with E-state index < -0.39 is 0 Å². The average Bonchev–Trinajstić information content (AvgIpc) is 2.51. The topological polar surface area (TPSA) is 65.2 Å². The van der Waals surface area contributed by atoms with Gasteiger partial charge in [0, 0.05) is 43.8 Å². The van der Waals surface area contributed by atoms with Crippen molar-refractivity contribution < 1.29 is 9.18 Å². The maximum Gasteiger partial charge on any atom is 0.256 e. The molecule has 5 nitrogen and oxygen atoms in total. The number of halogens is 1. The summed E-state index contributed by atoms with van der Waals surface area (Å²) in [5.41, 5.74) is 1.30. The van der Waals surface area contributed by atoms with Crippen LogP contribution in [0, 0.1) is 12.7 Å². The summed E-state index contributed by atoms with van der Waals surface area (Å²) in [6, 6.07) is 7.74. The Balaban J connectivity index is 1.81. The molecule has 0 aliphatic rings. The summed E-state index contributed by atoms with van der Waals surface area (Å²) in [6.07, 6.45) is 2.11. The molecule has 1 aromatic heterocycles. The maximum atomic E-state index is 13.2. The van der Waals surface area contributed by atoms with Gasteiger partial charge in [-0.1, -0.05) is 6.07 Å². The van der Waals surface area contributed by atoms with Crippen LogP contribution in [0.3, 0.4) is 0 Å². The van der Waals surface area contributed by atoms with E-state index in [2.05, 4.69) is 10.3 Å². The quantitative estimate of drug-likeness (QED) is 0.802. The van der Waals surface area contributed by atoms with E-state index in [1.54, 1.807) is 13.0 Å². The average molecular weight is 317 g/mol. The number of benzene rings is 1. The minimum Gasteiger partial charge on any atom is -0.374 e. The number of carbonyl (C=O) groups excluding carboxylic acids is 1. The number of rotatable bonds is 6. The van der Waals surface area contributed by atoms with E-state index in [4.69, 9.17) is 0 Å². The van der Waals surface area contributed by atoms with Crippen LogP contribution in [0.25, 0.3) is 0 Å². The van der Waals surface area contributed by atoms with Gasteiger partial charge in [0.25, 0.3) is 5.91 Å². The number of aromatic amines is 1. The molecule has 0 aliphatic heterocycles. The smallest absolute Gasteiger partial charge is 0.256 e. The zero-order valence-electron chi connectivity index (χ0n) is 13.2. The monoisotopic (exact) mass is 317 g/mol. The van der Waals surface area contributed by atoms with Crippen molar-refractivity contribution >= 4 is 11.6 Å². The highest BCUT2D eigenvalue weighted by Crippen LogP contribution is 2.13. The van der Waals surface area contributed by atoms with Gasteiger partial charge >= 0.3 is 0 Å². The van der Waals surface area contributed by atoms with E-state index in [0.717, 1.165) is 5.69 Å². The first-order valence-corrected chi connectivity index (χ1v) is 7.41. The predicted octanol–water partition coefficient (Wildman–Crippen LogP) is 2.08. The maximum absolute atomic E-state index is 13.2. The Labute approximate surface area is 134 Å². The van der Waals surface area contributed by atoms with E-state index in [1.165, 1.54) is 24.4 Å². The van der Waals surface area contributed by atoms with Gasteiger partial charge in [0.15, 0.2) is 5.43 Å². The molecule has 1 amide bonds. The number of aromatic nitrogens is 1. The van der Waals surface area contributed by atoms with Crippen LogP contribution in [0.1, 0.15) is 22.5 Å². The molecule has 1 heterocycles. The Bertz CT molecular complexity index is 743. The number of aryl methyl sites for hydroxylation is 1. The lowest BCUT2D eigenvalue weighted by Gasteiger charge is -2.19. The Morgan fingerprint density at radius 3 is 2.83 bits per heavy atom. The third kappa shape index (κ3) is 4.67. The summed E-state index contributed by atoms with van der Waals surface area (Å²) < 4.78 is 13.2. The number of H-pyrrole nitrogens is 1. The normalized spacial score (nSPS) is 10.4. The van der Waals surface area contributed by atoms with Crippen molar-refractivity contribution in [2.24, 2.45) is 0 Å². The largest absolute Gasteiger partial charge is 0.374 e. The van der Waals surface area contributed by atoms with Gasteiger partial charge in [0.2, 0.25) is 0 Å². The number of pyridine rings is 1. The first kappa shape index (κ1) is 16.7. The molecule has 122 valence electrons. The number of anilines is 1. The number of amides is 1. The Kier molecular flexibility index (Phi) is 5.51. The summed E-state index contributed by atoms with van der Waals surface area (Å²) in [4.78, 5) is 28.4. The van der Waals surface area contributed by atoms with Crippen LogP contribution in [0.4, 0.5) is 10.1 Å². The van der Waals surface area contributed by atoms with Crippen LogP contribution in [-0.4, -0.2) is 31.0 Å². The fraction of sp³-hybridized carbons (Fsp3) is 0.294. The van der Waals surface area contributed by atoms with Gasteiger partial charge < -0.3 is 15.2 Å². The number of hydrogen-bond donors (Lipinski definition) is 2. The highest BCUT2D eigenvalue weighted by Gasteiger charge is 2.09. The number of carbonyl (C=O) groups is 1. The minimum absolute atomic E-state index is 0.106. The van der Waals surface area contributed by atoms with Crippen LogP contribution in [-0.2, 0) is 0 Å². The van der Waals surface area contributed by atoms with Gasteiger partial charge in [-0.05, 0) is 31.5 Å². The predicted molar refractivity (Wildman–Crippen MR) is 88.4 cm³/mol. The van der Waals surface area contributed by atoms with E-state index in [9.17, 15) is 14.0 Å². The molecule has 0 saturated heterocycles. The molecular formula is C17H20FN3O2. The van der Waals surface area contributed by atoms with E-state index in [1.807, 2.05) is 18.0 Å². The molecule has 0 spiro atoms. The van der Waals surface area contributed by atoms with Crippen molar-refractivity contribution in [3.63, 3.8) is 0 Å². The summed E-state index contributed by atoms with van der Waals surface area (Å²) in [7, 11) is 1.86. The number of nitrogens with zero attached hydrogens (tertiary/aromatic N) is 1. The Hall–Kier alpha value is -2.63. The molecule has 2 N–H and O–H groups in total. The fourth-order valence-corrected chi connectivity index (χ4v) is 2.21. The van der Waals surface area contributed by atoms with Gasteiger partial charge in [-0.3, -0.25) is 9.59 Å². The number of nitrogens with one attached hydrogen (secondary N) is 2. The van der Waals surface area contributed by atoms with Crippen LogP contribution >= 0.6 is 0 Å². The van der Waals surface area contributed by atoms with Crippen molar-refractivity contribution in [3.8, 4) is 0 Å². The summed E-state index contributed by atoms with van der Waals surface area (Å²) >= 11 is 0. The molecule has 1 aromatic carbocycles. The molecule has 0 aliphatic carbocycles. The molecule has 6 heteroatoms. The second-order valence-corrected chi connectivity index (χ2v) is 5.40. The van der Waals surface area contributed by atoms with Crippen LogP contribution in [0.5, 0.6) is 0 Å². The van der Waals surface area contributed by atoms with Crippen LogP contribution < -0.4 is 15.6 Å². The highest BCUT2D eigenvalue weighted by molar-refractivity contribution is 5.93. The lowest BCUT2D eigenvalue weighted by atomic mass is 10.2. The number of hydrogen-bond acceptors (Lipinski definition) is 3. The first-order valence-electron chi connectivity index (χ1n) is 7.41. The van der Waals surface area contributed by atoms with E-state index >= 15 is 0 Å². The van der Waals surface area contributed by atoms with E-state index in [-0.39, 0.29) is 22.7 Å². The first-order chi connectivity index (χ1) is 11.0. The van der Waals surface area contributed by atoms with Gasteiger partial charge in [-0.2, -0.15) is 0 Å². The standard InChI is InChI=1S/C17H20FN3O2/c1-12-9-16(22)15(11-20-12)17(23)19-7-4-8-21(2)14-6-3-5-13(18)10-14/h3,5-6,9-11H,4,7-8H2,1-2H3,(H,19,23)(H,20,22).